The Bertz CT molecular complexity index is 1090. The molecule has 5 amide bonds. The fraction of sp³-hybridized carbons (Fsp3) is 0.833. The second-order valence-corrected chi connectivity index (χ2v) is 16.2. The largest absolute Gasteiger partial charge is 0.480 e. The molecular weight excluding hydrogens is 646 g/mol. The molecule has 5 N–H and O–H groups in total. The van der Waals surface area contributed by atoms with Gasteiger partial charge >= 0.3 is 18.2 Å². The third-order valence-corrected chi connectivity index (χ3v) is 8.46. The second kappa shape index (κ2) is 19.1. The number of carboxylic acids is 1. The van der Waals surface area contributed by atoms with Crippen LogP contribution in [0.3, 0.4) is 0 Å². The Morgan fingerprint density at radius 3 is 1.30 bits per heavy atom. The number of nitrogens with one attached hydrogen (secondary N) is 2. The van der Waals surface area contributed by atoms with Crippen molar-refractivity contribution in [1.29, 1.82) is 0 Å². The van der Waals surface area contributed by atoms with Crippen LogP contribution < -0.4 is 16.4 Å². The van der Waals surface area contributed by atoms with Gasteiger partial charge in [-0.05, 0) is 105 Å². The van der Waals surface area contributed by atoms with Gasteiger partial charge < -0.3 is 40.7 Å². The van der Waals surface area contributed by atoms with Crippen LogP contribution in [0.25, 0.3) is 0 Å². The van der Waals surface area contributed by atoms with Crippen molar-refractivity contribution in [1.82, 2.24) is 20.4 Å². The van der Waals surface area contributed by atoms with E-state index in [1.165, 1.54) is 4.90 Å². The van der Waals surface area contributed by atoms with Gasteiger partial charge in [0.05, 0.1) is 0 Å². The number of amides is 5. The van der Waals surface area contributed by atoms with Crippen molar-refractivity contribution >= 4 is 35.9 Å². The third kappa shape index (κ3) is 14.3. The van der Waals surface area contributed by atoms with Crippen LogP contribution in [-0.2, 0) is 28.7 Å². The molecule has 0 spiro atoms. The third-order valence-electron chi connectivity index (χ3n) is 8.46. The van der Waals surface area contributed by atoms with Crippen LogP contribution in [0.4, 0.5) is 9.59 Å². The van der Waals surface area contributed by atoms with Gasteiger partial charge in [-0.3, -0.25) is 14.4 Å². The summed E-state index contributed by atoms with van der Waals surface area (Å²) in [7, 11) is 0. The number of ether oxygens (including phenoxy) is 2. The van der Waals surface area contributed by atoms with Gasteiger partial charge in [-0.1, -0.05) is 41.5 Å². The SMILES string of the molecule is CC[C@H]1CC[C@@H](C(=O)O)N1C(=O)[C@H](CC(C)C)NC(=O)OC(C)(C)C.CC[C@H]1CC[C@@H](C(N)=O)N1C(=O)[C@H](CC(C)C)NC(=O)OC(C)(C)C. The Labute approximate surface area is 298 Å². The van der Waals surface area contributed by atoms with Crippen molar-refractivity contribution in [2.75, 3.05) is 0 Å². The minimum Gasteiger partial charge on any atom is -0.480 e. The molecule has 288 valence electrons. The smallest absolute Gasteiger partial charge is 0.408 e. The van der Waals surface area contributed by atoms with E-state index in [0.717, 1.165) is 12.8 Å². The maximum absolute atomic E-state index is 13.1. The summed E-state index contributed by atoms with van der Waals surface area (Å²) in [4.78, 5) is 76.7. The molecule has 50 heavy (non-hydrogen) atoms. The number of carbonyl (C=O) groups excluding carboxylic acids is 5. The van der Waals surface area contributed by atoms with Gasteiger partial charge in [-0.15, -0.1) is 0 Å². The number of rotatable bonds is 12. The number of hydrogen-bond donors (Lipinski definition) is 4. The van der Waals surface area contributed by atoms with Crippen molar-refractivity contribution < 1.29 is 43.3 Å². The molecule has 0 unspecified atom stereocenters. The number of alkyl carbamates (subject to hydrolysis) is 2. The topological polar surface area (TPSA) is 198 Å². The summed E-state index contributed by atoms with van der Waals surface area (Å²) in [5.74, 6) is -1.73. The molecule has 0 aromatic rings. The number of nitrogens with zero attached hydrogens (tertiary/aromatic N) is 2. The number of carbonyl (C=O) groups is 6. The maximum atomic E-state index is 13.1. The lowest BCUT2D eigenvalue weighted by molar-refractivity contribution is -0.150. The summed E-state index contributed by atoms with van der Waals surface area (Å²) in [5, 5.41) is 14.8. The minimum absolute atomic E-state index is 0.0277. The summed E-state index contributed by atoms with van der Waals surface area (Å²) in [5.41, 5.74) is 4.17. The molecule has 0 radical (unpaired) electrons. The van der Waals surface area contributed by atoms with E-state index in [-0.39, 0.29) is 35.7 Å². The molecule has 2 saturated heterocycles. The summed E-state index contributed by atoms with van der Waals surface area (Å²) in [6, 6.07) is -3.09. The first-order valence-corrected chi connectivity index (χ1v) is 18.1. The molecule has 14 nitrogen and oxygen atoms in total. The summed E-state index contributed by atoms with van der Waals surface area (Å²) in [6.07, 6.45) is 3.47. The first-order valence-electron chi connectivity index (χ1n) is 18.1. The highest BCUT2D eigenvalue weighted by atomic mass is 16.6. The van der Waals surface area contributed by atoms with E-state index in [9.17, 15) is 33.9 Å². The predicted molar refractivity (Wildman–Crippen MR) is 190 cm³/mol. The zero-order chi connectivity index (χ0) is 38.7. The standard InChI is InChI=1S/C18H33N3O4.C18H32N2O5/c1-7-12-8-9-14(15(19)22)21(12)16(23)13(10-11(2)3)20-17(24)25-18(4,5)6;1-7-12-8-9-14(16(22)23)20(12)15(21)13(10-11(2)3)19-17(24)25-18(4,5)6/h11-14H,7-10H2,1-6H3,(H2,19,22)(H,20,24);11-14H,7-10H2,1-6H3,(H,19,24)(H,22,23)/t2*12-,13-,14-/m00/s1. The highest BCUT2D eigenvalue weighted by Gasteiger charge is 2.44. The minimum atomic E-state index is -0.995. The zero-order valence-corrected chi connectivity index (χ0v) is 32.5. The lowest BCUT2D eigenvalue weighted by Gasteiger charge is -2.33. The molecular formula is C36H65N5O9. The maximum Gasteiger partial charge on any atom is 0.408 e. The van der Waals surface area contributed by atoms with E-state index >= 15 is 0 Å². The van der Waals surface area contributed by atoms with Crippen LogP contribution in [0.15, 0.2) is 0 Å². The number of likely N-dealkylation sites (tertiary alicyclic amines) is 2. The van der Waals surface area contributed by atoms with E-state index in [2.05, 4.69) is 10.6 Å². The van der Waals surface area contributed by atoms with Gasteiger partial charge in [0.1, 0.15) is 35.4 Å². The van der Waals surface area contributed by atoms with Crippen molar-refractivity contribution in [3.05, 3.63) is 0 Å². The Kier molecular flexibility index (Phi) is 17.0. The van der Waals surface area contributed by atoms with Crippen molar-refractivity contribution in [3.8, 4) is 0 Å². The van der Waals surface area contributed by atoms with Gasteiger partial charge in [0.25, 0.3) is 0 Å². The van der Waals surface area contributed by atoms with Gasteiger partial charge in [-0.25, -0.2) is 14.4 Å². The van der Waals surface area contributed by atoms with E-state index < -0.39 is 59.4 Å². The first-order chi connectivity index (χ1) is 22.9. The van der Waals surface area contributed by atoms with Crippen LogP contribution in [0.1, 0.15) is 134 Å². The summed E-state index contributed by atoms with van der Waals surface area (Å²) < 4.78 is 10.5. The Morgan fingerprint density at radius 1 is 0.680 bits per heavy atom. The number of hydrogen-bond acceptors (Lipinski definition) is 8. The van der Waals surface area contributed by atoms with Crippen LogP contribution in [-0.4, -0.2) is 98.2 Å². The average Bonchev–Trinajstić information content (AvgIpc) is 3.58. The molecule has 2 heterocycles. The van der Waals surface area contributed by atoms with Crippen LogP contribution in [0, 0.1) is 11.8 Å². The fourth-order valence-electron chi connectivity index (χ4n) is 6.40. The van der Waals surface area contributed by atoms with Gasteiger partial charge in [0.15, 0.2) is 0 Å². The van der Waals surface area contributed by atoms with Crippen LogP contribution in [0.5, 0.6) is 0 Å². The van der Waals surface area contributed by atoms with Gasteiger partial charge in [0.2, 0.25) is 17.7 Å². The molecule has 2 aliphatic heterocycles. The van der Waals surface area contributed by atoms with Crippen molar-refractivity contribution in [2.24, 2.45) is 17.6 Å². The Balaban J connectivity index is 0.000000500. The van der Waals surface area contributed by atoms with Gasteiger partial charge in [-0.2, -0.15) is 0 Å². The molecule has 2 rings (SSSR count). The summed E-state index contributed by atoms with van der Waals surface area (Å²) in [6.45, 7) is 22.3. The highest BCUT2D eigenvalue weighted by Crippen LogP contribution is 2.29. The van der Waals surface area contributed by atoms with Gasteiger partial charge in [0, 0.05) is 12.1 Å². The molecule has 6 atom stereocenters. The molecule has 0 aromatic carbocycles. The van der Waals surface area contributed by atoms with E-state index in [0.29, 0.717) is 38.5 Å². The molecule has 0 bridgehead atoms. The normalized spacial score (nSPS) is 22.0. The predicted octanol–water partition coefficient (Wildman–Crippen LogP) is 4.96. The molecule has 2 aliphatic rings. The van der Waals surface area contributed by atoms with E-state index in [4.69, 9.17) is 15.2 Å². The lowest BCUT2D eigenvalue weighted by Crippen LogP contribution is -2.55. The molecule has 2 fully saturated rings. The molecule has 14 heteroatoms. The van der Waals surface area contributed by atoms with Crippen LogP contribution >= 0.6 is 0 Å². The quantitative estimate of drug-likeness (QED) is 0.216. The highest BCUT2D eigenvalue weighted by molar-refractivity contribution is 5.92. The second-order valence-electron chi connectivity index (χ2n) is 16.2. The van der Waals surface area contributed by atoms with E-state index in [1.54, 1.807) is 46.4 Å². The number of aliphatic carboxylic acids is 1. The number of nitrogens with two attached hydrogens (primary N) is 1. The summed E-state index contributed by atoms with van der Waals surface area (Å²) >= 11 is 0. The monoisotopic (exact) mass is 711 g/mol. The molecule has 0 saturated carbocycles. The zero-order valence-electron chi connectivity index (χ0n) is 32.5. The van der Waals surface area contributed by atoms with Crippen molar-refractivity contribution in [2.45, 2.75) is 182 Å². The average molecular weight is 712 g/mol. The van der Waals surface area contributed by atoms with E-state index in [1.807, 2.05) is 41.5 Å². The fourth-order valence-corrected chi connectivity index (χ4v) is 6.40. The Hall–Kier alpha value is -3.58. The lowest BCUT2D eigenvalue weighted by atomic mass is 10.0. The van der Waals surface area contributed by atoms with Crippen LogP contribution in [0.2, 0.25) is 0 Å². The number of carboxylic acid groups (broad SMARTS) is 1. The molecule has 0 aromatic heterocycles. The number of primary amides is 1. The van der Waals surface area contributed by atoms with Crippen molar-refractivity contribution in [3.63, 3.8) is 0 Å². The Morgan fingerprint density at radius 2 is 1.02 bits per heavy atom. The first kappa shape index (κ1) is 44.4. The molecule has 0 aliphatic carbocycles.